The maximum atomic E-state index is 6.06. The second-order valence-electron chi connectivity index (χ2n) is 6.89. The first-order valence-electron chi connectivity index (χ1n) is 10.8. The van der Waals surface area contributed by atoms with Crippen LogP contribution < -0.4 is 0 Å². The summed E-state index contributed by atoms with van der Waals surface area (Å²) in [5, 5.41) is 0. The van der Waals surface area contributed by atoms with E-state index in [1.165, 1.54) is 85.9 Å². The molecule has 0 N–H and O–H groups in total. The molecule has 24 heavy (non-hydrogen) atoms. The van der Waals surface area contributed by atoms with Crippen molar-refractivity contribution in [1.29, 1.82) is 0 Å². The fourth-order valence-electron chi connectivity index (χ4n) is 2.70. The third-order valence-electron chi connectivity index (χ3n) is 4.37. The van der Waals surface area contributed by atoms with E-state index in [0.29, 0.717) is 0 Å². The van der Waals surface area contributed by atoms with Crippen LogP contribution >= 0.6 is 0 Å². The second kappa shape index (κ2) is 21.8. The number of rotatable bonds is 20. The summed E-state index contributed by atoms with van der Waals surface area (Å²) in [5.41, 5.74) is 0. The van der Waals surface area contributed by atoms with Crippen molar-refractivity contribution >= 4 is 21.1 Å². The van der Waals surface area contributed by atoms with E-state index < -0.39 is 0 Å². The molecule has 0 bridgehead atoms. The van der Waals surface area contributed by atoms with E-state index in [-0.39, 0.29) is 27.4 Å². The van der Waals surface area contributed by atoms with E-state index in [9.17, 15) is 0 Å². The van der Waals surface area contributed by atoms with E-state index in [0.717, 1.165) is 19.6 Å². The van der Waals surface area contributed by atoms with Crippen LogP contribution in [0.15, 0.2) is 0 Å². The molecule has 0 heterocycles. The third kappa shape index (κ3) is 19.0. The number of unbranched alkanes of at least 4 members (excludes halogenated alkanes) is 9. The Bertz CT molecular complexity index is 208. The number of ether oxygens (including phenoxy) is 2. The second-order valence-corrected chi connectivity index (χ2v) is 11.2. The zero-order valence-electron chi connectivity index (χ0n) is 16.9. The monoisotopic (exact) mass is 448 g/mol. The first-order chi connectivity index (χ1) is 11.8. The van der Waals surface area contributed by atoms with Gasteiger partial charge in [0.15, 0.2) is 0 Å². The van der Waals surface area contributed by atoms with Crippen molar-refractivity contribution in [3.8, 4) is 0 Å². The molecular formula is C21H44O2Sn. The molecule has 0 amide bonds. The van der Waals surface area contributed by atoms with Crippen LogP contribution in [-0.2, 0) is 9.47 Å². The van der Waals surface area contributed by atoms with Crippen molar-refractivity contribution in [2.24, 2.45) is 0 Å². The zero-order chi connectivity index (χ0) is 17.7. The van der Waals surface area contributed by atoms with Crippen molar-refractivity contribution in [1.82, 2.24) is 0 Å². The van der Waals surface area contributed by atoms with Gasteiger partial charge in [-0.05, 0) is 0 Å². The molecule has 2 nitrogen and oxygen atoms in total. The minimum absolute atomic E-state index is 0.0878. The third-order valence-corrected chi connectivity index (χ3v) is 8.22. The van der Waals surface area contributed by atoms with Crippen molar-refractivity contribution < 1.29 is 9.47 Å². The SMILES string of the molecule is CCCCCCCOC(C[CH2][Sn][CH2]CCC)OCCCCCCC. The van der Waals surface area contributed by atoms with Gasteiger partial charge in [0.1, 0.15) is 0 Å². The molecule has 0 aromatic rings. The fourth-order valence-corrected chi connectivity index (χ4v) is 6.39. The summed E-state index contributed by atoms with van der Waals surface area (Å²) in [6.45, 7) is 8.62. The molecule has 144 valence electrons. The number of hydrogen-bond donors (Lipinski definition) is 0. The van der Waals surface area contributed by atoms with E-state index in [2.05, 4.69) is 20.8 Å². The van der Waals surface area contributed by atoms with Crippen molar-refractivity contribution in [2.45, 2.75) is 119 Å². The van der Waals surface area contributed by atoms with Crippen LogP contribution in [0.2, 0.25) is 8.87 Å². The van der Waals surface area contributed by atoms with Gasteiger partial charge in [-0.15, -0.1) is 0 Å². The Kier molecular flexibility index (Phi) is 22.4. The Balaban J connectivity index is 3.74. The topological polar surface area (TPSA) is 18.5 Å². The van der Waals surface area contributed by atoms with E-state index in [4.69, 9.17) is 9.47 Å². The average Bonchev–Trinajstić information content (AvgIpc) is 2.60. The molecule has 0 unspecified atom stereocenters. The normalized spacial score (nSPS) is 11.5. The Hall–Kier alpha value is 0.719. The van der Waals surface area contributed by atoms with Gasteiger partial charge in [0.25, 0.3) is 0 Å². The first-order valence-corrected chi connectivity index (χ1v) is 14.8. The molecule has 0 aromatic carbocycles. The van der Waals surface area contributed by atoms with Gasteiger partial charge in [-0.3, -0.25) is 0 Å². The standard InChI is InChI=1S/C17H35O2.C4H9.Sn/c1-4-7-9-11-13-15-18-17(6-3)19-16-14-12-10-8-5-2;1-3-4-2;/h17H,3-16H2,1-2H3;1,3-4H2,2H3;. The van der Waals surface area contributed by atoms with Crippen molar-refractivity contribution in [3.63, 3.8) is 0 Å². The predicted octanol–water partition coefficient (Wildman–Crippen LogP) is 7.02. The molecule has 0 spiro atoms. The molecule has 2 radical (unpaired) electrons. The Morgan fingerprint density at radius 1 is 0.583 bits per heavy atom. The van der Waals surface area contributed by atoms with Gasteiger partial charge in [-0.2, -0.15) is 0 Å². The zero-order valence-corrected chi connectivity index (χ0v) is 19.8. The Morgan fingerprint density at radius 3 is 1.58 bits per heavy atom. The first kappa shape index (κ1) is 24.7. The van der Waals surface area contributed by atoms with Gasteiger partial charge < -0.3 is 0 Å². The summed E-state index contributed by atoms with van der Waals surface area (Å²) in [4.78, 5) is 0. The summed E-state index contributed by atoms with van der Waals surface area (Å²) < 4.78 is 15.1. The van der Waals surface area contributed by atoms with Gasteiger partial charge in [0, 0.05) is 0 Å². The summed E-state index contributed by atoms with van der Waals surface area (Å²) in [6, 6.07) is 0. The van der Waals surface area contributed by atoms with E-state index >= 15 is 0 Å². The van der Waals surface area contributed by atoms with Crippen LogP contribution in [0.5, 0.6) is 0 Å². The van der Waals surface area contributed by atoms with Gasteiger partial charge in [-0.25, -0.2) is 0 Å². The van der Waals surface area contributed by atoms with Crippen molar-refractivity contribution in [3.05, 3.63) is 0 Å². The molecular weight excluding hydrogens is 403 g/mol. The predicted molar refractivity (Wildman–Crippen MR) is 108 cm³/mol. The molecule has 0 aliphatic carbocycles. The van der Waals surface area contributed by atoms with Gasteiger partial charge >= 0.3 is 163 Å². The quantitative estimate of drug-likeness (QED) is 0.114. The molecule has 3 heteroatoms. The Morgan fingerprint density at radius 2 is 1.08 bits per heavy atom. The number of hydrogen-bond acceptors (Lipinski definition) is 2. The molecule has 0 aromatic heterocycles. The average molecular weight is 447 g/mol. The van der Waals surface area contributed by atoms with Crippen LogP contribution in [0.4, 0.5) is 0 Å². The molecule has 0 aliphatic rings. The van der Waals surface area contributed by atoms with Crippen LogP contribution in [0.3, 0.4) is 0 Å². The summed E-state index contributed by atoms with van der Waals surface area (Å²) in [6.07, 6.45) is 17.1. The van der Waals surface area contributed by atoms with Gasteiger partial charge in [0.05, 0.1) is 0 Å². The summed E-state index contributed by atoms with van der Waals surface area (Å²) >= 11 is -0.152. The molecule has 0 saturated heterocycles. The van der Waals surface area contributed by atoms with E-state index in [1.807, 2.05) is 0 Å². The van der Waals surface area contributed by atoms with Crippen LogP contribution in [0.25, 0.3) is 0 Å². The molecule has 0 saturated carbocycles. The van der Waals surface area contributed by atoms with E-state index in [1.54, 1.807) is 0 Å². The molecule has 0 fully saturated rings. The van der Waals surface area contributed by atoms with Crippen molar-refractivity contribution in [2.75, 3.05) is 13.2 Å². The molecule has 0 aliphatic heterocycles. The minimum atomic E-state index is -0.152. The molecule has 0 rings (SSSR count). The van der Waals surface area contributed by atoms with Crippen LogP contribution in [0, 0.1) is 0 Å². The molecule has 0 atom stereocenters. The Labute approximate surface area is 163 Å². The summed E-state index contributed by atoms with van der Waals surface area (Å²) in [7, 11) is 0. The van der Waals surface area contributed by atoms with Crippen LogP contribution in [0.1, 0.15) is 104 Å². The maximum absolute atomic E-state index is 6.06. The van der Waals surface area contributed by atoms with Gasteiger partial charge in [0.2, 0.25) is 0 Å². The summed E-state index contributed by atoms with van der Waals surface area (Å²) in [5.74, 6) is 0. The van der Waals surface area contributed by atoms with Gasteiger partial charge in [-0.1, -0.05) is 0 Å². The fraction of sp³-hybridized carbons (Fsp3) is 1.00. The van der Waals surface area contributed by atoms with Crippen LogP contribution in [-0.4, -0.2) is 40.6 Å².